The second-order valence-electron chi connectivity index (χ2n) is 4.07. The van der Waals surface area contributed by atoms with Crippen molar-refractivity contribution in [3.63, 3.8) is 0 Å². The van der Waals surface area contributed by atoms with Gasteiger partial charge in [0.15, 0.2) is 23.3 Å². The van der Waals surface area contributed by atoms with Gasteiger partial charge in [-0.05, 0) is 12.1 Å². The van der Waals surface area contributed by atoms with E-state index in [0.29, 0.717) is 12.1 Å². The average molecular weight is 328 g/mol. The van der Waals surface area contributed by atoms with Crippen LogP contribution in [0.25, 0.3) is 11.1 Å². The first-order chi connectivity index (χ1) is 10.1. The van der Waals surface area contributed by atoms with Crippen LogP contribution >= 0.6 is 0 Å². The summed E-state index contributed by atoms with van der Waals surface area (Å²) in [5.74, 6) is -12.3. The molecule has 0 aliphatic carbocycles. The van der Waals surface area contributed by atoms with Crippen LogP contribution in [0.15, 0.2) is 12.1 Å². The van der Waals surface area contributed by atoms with Crippen molar-refractivity contribution in [1.82, 2.24) is 4.98 Å². The molecule has 0 spiro atoms. The van der Waals surface area contributed by atoms with Gasteiger partial charge in [-0.2, -0.15) is 13.2 Å². The molecule has 2 nitrogen and oxygen atoms in total. The molecule has 0 amide bonds. The number of alkyl halides is 3. The van der Waals surface area contributed by atoms with Gasteiger partial charge < -0.3 is 5.73 Å². The van der Waals surface area contributed by atoms with Gasteiger partial charge in [0.2, 0.25) is 5.82 Å². The Morgan fingerprint density at radius 2 is 1.23 bits per heavy atom. The van der Waals surface area contributed by atoms with Crippen molar-refractivity contribution in [2.45, 2.75) is 6.18 Å². The number of halogens is 8. The van der Waals surface area contributed by atoms with Gasteiger partial charge in [-0.3, -0.25) is 0 Å². The Morgan fingerprint density at radius 3 is 1.64 bits per heavy atom. The van der Waals surface area contributed by atoms with Gasteiger partial charge >= 0.3 is 6.18 Å². The van der Waals surface area contributed by atoms with E-state index in [9.17, 15) is 35.1 Å². The van der Waals surface area contributed by atoms with Crippen molar-refractivity contribution in [3.8, 4) is 11.1 Å². The molecule has 0 atom stereocenters. The second-order valence-corrected chi connectivity index (χ2v) is 4.07. The van der Waals surface area contributed by atoms with Gasteiger partial charge in [-0.1, -0.05) is 0 Å². The van der Waals surface area contributed by atoms with E-state index >= 15 is 0 Å². The van der Waals surface area contributed by atoms with Crippen LogP contribution in [0.3, 0.4) is 0 Å². The molecule has 1 heterocycles. The molecule has 1 aromatic carbocycles. The molecule has 0 aliphatic rings. The van der Waals surface area contributed by atoms with Gasteiger partial charge in [0.25, 0.3) is 0 Å². The minimum Gasteiger partial charge on any atom is -0.383 e. The number of anilines is 1. The van der Waals surface area contributed by atoms with E-state index in [1.807, 2.05) is 0 Å². The molecule has 1 aromatic heterocycles. The van der Waals surface area contributed by atoms with Crippen molar-refractivity contribution in [2.24, 2.45) is 0 Å². The molecule has 0 aliphatic heterocycles. The summed E-state index contributed by atoms with van der Waals surface area (Å²) in [6.45, 7) is 0. The predicted molar refractivity (Wildman–Crippen MR) is 58.9 cm³/mol. The third-order valence-corrected chi connectivity index (χ3v) is 2.69. The maximum atomic E-state index is 13.6. The third kappa shape index (κ3) is 2.44. The molecule has 2 N–H and O–H groups in total. The van der Waals surface area contributed by atoms with Crippen LogP contribution in [0.5, 0.6) is 0 Å². The van der Waals surface area contributed by atoms with Crippen molar-refractivity contribution >= 4 is 5.82 Å². The molecule has 10 heteroatoms. The molecule has 2 aromatic rings. The summed E-state index contributed by atoms with van der Waals surface area (Å²) in [6.07, 6.45) is -4.89. The number of hydrogen-bond acceptors (Lipinski definition) is 2. The third-order valence-electron chi connectivity index (χ3n) is 2.69. The minimum absolute atomic E-state index is 0.309. The fourth-order valence-corrected chi connectivity index (χ4v) is 1.69. The lowest BCUT2D eigenvalue weighted by Gasteiger charge is -2.12. The summed E-state index contributed by atoms with van der Waals surface area (Å²) in [5, 5.41) is 0. The van der Waals surface area contributed by atoms with Crippen molar-refractivity contribution in [1.29, 1.82) is 0 Å². The van der Waals surface area contributed by atoms with Crippen LogP contribution in [0.1, 0.15) is 5.69 Å². The number of aromatic nitrogens is 1. The van der Waals surface area contributed by atoms with E-state index in [4.69, 9.17) is 5.73 Å². The lowest BCUT2D eigenvalue weighted by Crippen LogP contribution is -2.11. The van der Waals surface area contributed by atoms with Gasteiger partial charge in [0.1, 0.15) is 11.5 Å². The normalized spacial score (nSPS) is 11.8. The van der Waals surface area contributed by atoms with Crippen molar-refractivity contribution < 1.29 is 35.1 Å². The van der Waals surface area contributed by atoms with E-state index in [1.54, 1.807) is 0 Å². The molecule has 22 heavy (non-hydrogen) atoms. The Labute approximate surface area is 117 Å². The van der Waals surface area contributed by atoms with Gasteiger partial charge in [-0.25, -0.2) is 26.9 Å². The monoisotopic (exact) mass is 328 g/mol. The quantitative estimate of drug-likeness (QED) is 0.487. The highest BCUT2D eigenvalue weighted by atomic mass is 19.4. The molecule has 0 bridgehead atoms. The highest BCUT2D eigenvalue weighted by Gasteiger charge is 2.34. The lowest BCUT2D eigenvalue weighted by molar-refractivity contribution is -0.141. The Balaban J connectivity index is 2.74. The van der Waals surface area contributed by atoms with Crippen LogP contribution in [0, 0.1) is 29.1 Å². The largest absolute Gasteiger partial charge is 0.433 e. The van der Waals surface area contributed by atoms with E-state index in [1.165, 1.54) is 0 Å². The summed E-state index contributed by atoms with van der Waals surface area (Å²) in [7, 11) is 0. The topological polar surface area (TPSA) is 38.9 Å². The van der Waals surface area contributed by atoms with Gasteiger partial charge in [0.05, 0.1) is 5.56 Å². The summed E-state index contributed by atoms with van der Waals surface area (Å²) >= 11 is 0. The van der Waals surface area contributed by atoms with E-state index in [2.05, 4.69) is 4.98 Å². The molecule has 0 fully saturated rings. The predicted octanol–water partition coefficient (Wildman–Crippen LogP) is 4.05. The minimum atomic E-state index is -4.89. The molecule has 118 valence electrons. The second kappa shape index (κ2) is 5.11. The van der Waals surface area contributed by atoms with Crippen LogP contribution < -0.4 is 5.73 Å². The standard InChI is InChI=1S/C12H4F8N2/c13-6-5(7(14)9(16)10(17)8(6)15)3-1-2-4(12(18,19)20)22-11(3)21/h1-2H,(H2,21,22). The number of nitrogens with two attached hydrogens (primary N) is 1. The average Bonchev–Trinajstić information content (AvgIpc) is 2.43. The summed E-state index contributed by atoms with van der Waals surface area (Å²) in [6, 6.07) is 0.785. The SMILES string of the molecule is Nc1nc(C(F)(F)F)ccc1-c1c(F)c(F)c(F)c(F)c1F. The highest BCUT2D eigenvalue weighted by molar-refractivity contribution is 5.75. The number of nitrogen functional groups attached to an aromatic ring is 1. The van der Waals surface area contributed by atoms with Crippen LogP contribution in [-0.4, -0.2) is 4.98 Å². The van der Waals surface area contributed by atoms with Gasteiger partial charge in [-0.15, -0.1) is 0 Å². The Morgan fingerprint density at radius 1 is 0.773 bits per heavy atom. The zero-order valence-corrected chi connectivity index (χ0v) is 10.2. The first-order valence-electron chi connectivity index (χ1n) is 5.41. The van der Waals surface area contributed by atoms with Crippen LogP contribution in [-0.2, 0) is 6.18 Å². The summed E-state index contributed by atoms with van der Waals surface area (Å²) < 4.78 is 103. The molecule has 0 saturated carbocycles. The smallest absolute Gasteiger partial charge is 0.383 e. The fraction of sp³-hybridized carbons (Fsp3) is 0.0833. The summed E-state index contributed by atoms with van der Waals surface area (Å²) in [5.41, 5.74) is 1.37. The van der Waals surface area contributed by atoms with Gasteiger partial charge in [0, 0.05) is 5.56 Å². The lowest BCUT2D eigenvalue weighted by atomic mass is 10.0. The first-order valence-corrected chi connectivity index (χ1v) is 5.41. The van der Waals surface area contributed by atoms with E-state index < -0.39 is 57.9 Å². The van der Waals surface area contributed by atoms with Crippen molar-refractivity contribution in [2.75, 3.05) is 5.73 Å². The number of hydrogen-bond donors (Lipinski definition) is 1. The summed E-state index contributed by atoms with van der Waals surface area (Å²) in [4.78, 5) is 2.87. The molecule has 0 unspecified atom stereocenters. The highest BCUT2D eigenvalue weighted by Crippen LogP contribution is 2.36. The number of pyridine rings is 1. The Hall–Kier alpha value is -2.39. The first kappa shape index (κ1) is 16.0. The zero-order chi connectivity index (χ0) is 16.8. The van der Waals surface area contributed by atoms with E-state index in [-0.39, 0.29) is 0 Å². The Bertz CT molecular complexity index is 725. The van der Waals surface area contributed by atoms with E-state index in [0.717, 1.165) is 0 Å². The molecule has 0 saturated heterocycles. The molecular formula is C12H4F8N2. The zero-order valence-electron chi connectivity index (χ0n) is 10.2. The number of rotatable bonds is 1. The molecule has 2 rings (SSSR count). The maximum Gasteiger partial charge on any atom is 0.433 e. The molecular weight excluding hydrogens is 324 g/mol. The number of nitrogens with zero attached hydrogens (tertiary/aromatic N) is 1. The molecule has 0 radical (unpaired) electrons. The maximum absolute atomic E-state index is 13.6. The number of benzene rings is 1. The van der Waals surface area contributed by atoms with Crippen LogP contribution in [0.2, 0.25) is 0 Å². The Kier molecular flexibility index (Phi) is 3.71. The van der Waals surface area contributed by atoms with Crippen LogP contribution in [0.4, 0.5) is 40.9 Å². The fourth-order valence-electron chi connectivity index (χ4n) is 1.69. The van der Waals surface area contributed by atoms with Crippen molar-refractivity contribution in [3.05, 3.63) is 46.9 Å².